The lowest BCUT2D eigenvalue weighted by atomic mass is 9.57. The molecule has 0 bridgehead atoms. The van der Waals surface area contributed by atoms with Gasteiger partial charge >= 0.3 is 0 Å². The van der Waals surface area contributed by atoms with Crippen LogP contribution >= 0.6 is 23.1 Å². The van der Waals surface area contributed by atoms with Gasteiger partial charge in [-0.25, -0.2) is 4.98 Å². The molecule has 1 aromatic rings. The van der Waals surface area contributed by atoms with Crippen molar-refractivity contribution in [2.75, 3.05) is 25.4 Å². The molecular formula is C17H28N4OS2. The second-order valence-corrected chi connectivity index (χ2v) is 9.18. The van der Waals surface area contributed by atoms with Gasteiger partial charge in [-0.3, -0.25) is 4.99 Å². The molecule has 2 fully saturated rings. The van der Waals surface area contributed by atoms with Crippen LogP contribution in [0.4, 0.5) is 0 Å². The number of hydrogen-bond donors (Lipinski definition) is 2. The van der Waals surface area contributed by atoms with Crippen molar-refractivity contribution in [1.82, 2.24) is 15.6 Å². The lowest BCUT2D eigenvalue weighted by molar-refractivity contribution is -0.106. The molecule has 0 amide bonds. The smallest absolute Gasteiger partial charge is 0.191 e. The molecule has 1 aliphatic heterocycles. The Morgan fingerprint density at radius 3 is 3.17 bits per heavy atom. The topological polar surface area (TPSA) is 58.5 Å². The SMILES string of the molecule is CCNC(=NCCCSc1nccs1)NC1C2CCOC2C1(C)C. The zero-order valence-electron chi connectivity index (χ0n) is 14.7. The largest absolute Gasteiger partial charge is 0.377 e. The van der Waals surface area contributed by atoms with Crippen LogP contribution in [0.3, 0.4) is 0 Å². The predicted molar refractivity (Wildman–Crippen MR) is 102 cm³/mol. The Bertz CT molecular complexity index is 547. The Balaban J connectivity index is 1.47. The molecule has 1 saturated carbocycles. The predicted octanol–water partition coefficient (Wildman–Crippen LogP) is 2.99. The van der Waals surface area contributed by atoms with E-state index in [-0.39, 0.29) is 5.41 Å². The molecule has 2 N–H and O–H groups in total. The fraction of sp³-hybridized carbons (Fsp3) is 0.765. The summed E-state index contributed by atoms with van der Waals surface area (Å²) in [4.78, 5) is 9.05. The second kappa shape index (κ2) is 8.06. The maximum absolute atomic E-state index is 5.88. The zero-order chi connectivity index (χ0) is 17.0. The number of thiazole rings is 1. The standard InChI is InChI=1S/C17H28N4OS2/c1-4-18-15(19-7-5-10-23-16-20-8-11-24-16)21-13-12-6-9-22-14(12)17(13,2)3/h8,11-14H,4-7,9-10H2,1-3H3,(H2,18,19,21). The number of fused-ring (bicyclic) bond motifs is 1. The molecule has 2 heterocycles. The molecular weight excluding hydrogens is 340 g/mol. The van der Waals surface area contributed by atoms with E-state index >= 15 is 0 Å². The minimum atomic E-state index is 0.179. The highest BCUT2D eigenvalue weighted by atomic mass is 32.2. The van der Waals surface area contributed by atoms with E-state index in [0.717, 1.165) is 48.6 Å². The van der Waals surface area contributed by atoms with E-state index in [0.29, 0.717) is 18.1 Å². The van der Waals surface area contributed by atoms with Gasteiger partial charge in [-0.1, -0.05) is 25.6 Å². The van der Waals surface area contributed by atoms with E-state index in [1.807, 2.05) is 23.3 Å². The van der Waals surface area contributed by atoms with Gasteiger partial charge in [0.1, 0.15) is 4.34 Å². The first-order valence-electron chi connectivity index (χ1n) is 8.81. The molecule has 0 aromatic carbocycles. The molecule has 24 heavy (non-hydrogen) atoms. The molecule has 2 aliphatic rings. The van der Waals surface area contributed by atoms with Crippen molar-refractivity contribution in [3.05, 3.63) is 11.6 Å². The first kappa shape index (κ1) is 18.0. The van der Waals surface area contributed by atoms with Gasteiger partial charge in [-0.05, 0) is 19.8 Å². The average Bonchev–Trinajstić information content (AvgIpc) is 3.22. The lowest BCUT2D eigenvalue weighted by Gasteiger charge is -2.54. The van der Waals surface area contributed by atoms with Gasteiger partial charge in [0.2, 0.25) is 0 Å². The van der Waals surface area contributed by atoms with Crippen molar-refractivity contribution in [3.8, 4) is 0 Å². The van der Waals surface area contributed by atoms with Gasteiger partial charge in [0, 0.05) is 54.4 Å². The summed E-state index contributed by atoms with van der Waals surface area (Å²) in [5.74, 6) is 2.63. The summed E-state index contributed by atoms with van der Waals surface area (Å²) in [5, 5.41) is 9.07. The monoisotopic (exact) mass is 368 g/mol. The van der Waals surface area contributed by atoms with Crippen molar-refractivity contribution in [2.45, 2.75) is 50.1 Å². The average molecular weight is 369 g/mol. The third-order valence-electron chi connectivity index (χ3n) is 4.94. The van der Waals surface area contributed by atoms with Crippen LogP contribution in [-0.4, -0.2) is 48.5 Å². The fourth-order valence-corrected chi connectivity index (χ4v) is 5.41. The highest BCUT2D eigenvalue weighted by Gasteiger charge is 2.59. The summed E-state index contributed by atoms with van der Waals surface area (Å²) in [6, 6.07) is 0.451. The number of ether oxygens (including phenoxy) is 1. The molecule has 3 rings (SSSR count). The van der Waals surface area contributed by atoms with E-state index in [1.165, 1.54) is 0 Å². The number of aromatic nitrogens is 1. The van der Waals surface area contributed by atoms with Crippen LogP contribution in [0.15, 0.2) is 20.9 Å². The maximum Gasteiger partial charge on any atom is 0.191 e. The van der Waals surface area contributed by atoms with Gasteiger partial charge in [-0.2, -0.15) is 0 Å². The molecule has 5 nitrogen and oxygen atoms in total. The van der Waals surface area contributed by atoms with Crippen molar-refractivity contribution in [2.24, 2.45) is 16.3 Å². The van der Waals surface area contributed by atoms with Crippen LogP contribution in [0.2, 0.25) is 0 Å². The number of aliphatic imine (C=N–C) groups is 1. The van der Waals surface area contributed by atoms with Gasteiger partial charge in [0.25, 0.3) is 0 Å². The summed E-state index contributed by atoms with van der Waals surface area (Å²) < 4.78 is 7.03. The minimum Gasteiger partial charge on any atom is -0.377 e. The first-order valence-corrected chi connectivity index (χ1v) is 10.7. The van der Waals surface area contributed by atoms with E-state index in [2.05, 4.69) is 36.4 Å². The summed E-state index contributed by atoms with van der Waals surface area (Å²) in [7, 11) is 0. The normalized spacial score (nSPS) is 28.3. The van der Waals surface area contributed by atoms with Gasteiger partial charge in [0.05, 0.1) is 6.10 Å². The van der Waals surface area contributed by atoms with E-state index < -0.39 is 0 Å². The molecule has 3 atom stereocenters. The quantitative estimate of drug-likeness (QED) is 0.335. The molecule has 7 heteroatoms. The van der Waals surface area contributed by atoms with Crippen molar-refractivity contribution < 1.29 is 4.74 Å². The molecule has 3 unspecified atom stereocenters. The van der Waals surface area contributed by atoms with Crippen molar-refractivity contribution >= 4 is 29.1 Å². The van der Waals surface area contributed by atoms with Crippen molar-refractivity contribution in [3.63, 3.8) is 0 Å². The number of rotatable bonds is 7. The second-order valence-electron chi connectivity index (χ2n) is 6.95. The summed E-state index contributed by atoms with van der Waals surface area (Å²) in [6.07, 6.45) is 4.49. The van der Waals surface area contributed by atoms with Crippen LogP contribution in [0.25, 0.3) is 0 Å². The maximum atomic E-state index is 5.88. The van der Waals surface area contributed by atoms with Crippen LogP contribution in [0.1, 0.15) is 33.6 Å². The third-order valence-corrected chi connectivity index (χ3v) is 7.00. The molecule has 0 radical (unpaired) electrons. The van der Waals surface area contributed by atoms with Crippen LogP contribution in [0, 0.1) is 11.3 Å². The Hall–Kier alpha value is -0.790. The van der Waals surface area contributed by atoms with Crippen molar-refractivity contribution in [1.29, 1.82) is 0 Å². The Kier molecular flexibility index (Phi) is 6.05. The number of guanidine groups is 1. The molecule has 134 valence electrons. The molecule has 0 spiro atoms. The fourth-order valence-electron chi connectivity index (χ4n) is 3.78. The van der Waals surface area contributed by atoms with Gasteiger partial charge < -0.3 is 15.4 Å². The van der Waals surface area contributed by atoms with E-state index in [9.17, 15) is 0 Å². The number of hydrogen-bond acceptors (Lipinski definition) is 5. The third kappa shape index (κ3) is 3.89. The minimum absolute atomic E-state index is 0.179. The van der Waals surface area contributed by atoms with Crippen LogP contribution in [-0.2, 0) is 4.74 Å². The zero-order valence-corrected chi connectivity index (χ0v) is 16.4. The Morgan fingerprint density at radius 2 is 2.42 bits per heavy atom. The summed E-state index contributed by atoms with van der Waals surface area (Å²) >= 11 is 3.52. The lowest BCUT2D eigenvalue weighted by Crippen LogP contribution is -2.67. The number of thioether (sulfide) groups is 1. The number of nitrogens with one attached hydrogen (secondary N) is 2. The van der Waals surface area contributed by atoms with Crippen LogP contribution < -0.4 is 10.6 Å². The molecule has 1 saturated heterocycles. The van der Waals surface area contributed by atoms with Gasteiger partial charge in [0.15, 0.2) is 5.96 Å². The van der Waals surface area contributed by atoms with Gasteiger partial charge in [-0.15, -0.1) is 11.3 Å². The van der Waals surface area contributed by atoms with E-state index in [4.69, 9.17) is 9.73 Å². The molecule has 1 aliphatic carbocycles. The molecule has 1 aromatic heterocycles. The number of nitrogens with zero attached hydrogens (tertiary/aromatic N) is 2. The highest BCUT2D eigenvalue weighted by molar-refractivity contribution is 8.00. The Labute approximate surface area is 153 Å². The highest BCUT2D eigenvalue weighted by Crippen LogP contribution is 2.52. The summed E-state index contributed by atoms with van der Waals surface area (Å²) in [6.45, 7) is 9.33. The first-order chi connectivity index (χ1) is 11.6. The van der Waals surface area contributed by atoms with Crippen LogP contribution in [0.5, 0.6) is 0 Å². The van der Waals surface area contributed by atoms with E-state index in [1.54, 1.807) is 11.3 Å². The Morgan fingerprint density at radius 1 is 1.54 bits per heavy atom. The summed E-state index contributed by atoms with van der Waals surface area (Å²) in [5.41, 5.74) is 0.179.